The summed E-state index contributed by atoms with van der Waals surface area (Å²) in [6.07, 6.45) is 2.38. The molecule has 2 aromatic carbocycles. The van der Waals surface area contributed by atoms with Gasteiger partial charge in [-0.25, -0.2) is 13.4 Å². The monoisotopic (exact) mass is 428 g/mol. The summed E-state index contributed by atoms with van der Waals surface area (Å²) in [6, 6.07) is 13.2. The zero-order valence-electron chi connectivity index (χ0n) is 15.8. The van der Waals surface area contributed by atoms with Gasteiger partial charge in [-0.05, 0) is 36.4 Å². The molecule has 2 N–H and O–H groups in total. The van der Waals surface area contributed by atoms with Crippen LogP contribution in [0.5, 0.6) is 0 Å². The van der Waals surface area contributed by atoms with Crippen LogP contribution in [0.15, 0.2) is 64.8 Å². The molecule has 150 valence electrons. The molecular weight excluding hydrogens is 408 g/mol. The zero-order chi connectivity index (χ0) is 20.4. The first-order valence-corrected chi connectivity index (χ1v) is 11.6. The molecule has 4 rings (SSSR count). The van der Waals surface area contributed by atoms with Gasteiger partial charge in [-0.15, -0.1) is 0 Å². The third-order valence-electron chi connectivity index (χ3n) is 4.51. The number of hydrogen-bond acceptors (Lipinski definition) is 5. The van der Waals surface area contributed by atoms with E-state index >= 15 is 0 Å². The third kappa shape index (κ3) is 4.30. The van der Waals surface area contributed by atoms with Crippen LogP contribution in [0.1, 0.15) is 13.3 Å². The third-order valence-corrected chi connectivity index (χ3v) is 6.87. The van der Waals surface area contributed by atoms with Gasteiger partial charge in [0.15, 0.2) is 5.16 Å². The Kier molecular flexibility index (Phi) is 5.33. The van der Waals surface area contributed by atoms with Gasteiger partial charge >= 0.3 is 0 Å². The van der Waals surface area contributed by atoms with E-state index in [1.54, 1.807) is 43.0 Å². The average Bonchev–Trinajstić information content (AvgIpc) is 3.31. The number of rotatable bonds is 6. The quantitative estimate of drug-likeness (QED) is 0.623. The molecule has 3 aromatic rings. The Morgan fingerprint density at radius 2 is 1.79 bits per heavy atom. The maximum Gasteiger partial charge on any atom is 0.261 e. The van der Waals surface area contributed by atoms with Crippen molar-refractivity contribution in [2.45, 2.75) is 29.9 Å². The smallest absolute Gasteiger partial charge is 0.261 e. The van der Waals surface area contributed by atoms with E-state index in [2.05, 4.69) is 19.6 Å². The molecule has 9 heteroatoms. The van der Waals surface area contributed by atoms with Crippen LogP contribution in [0.3, 0.4) is 0 Å². The highest BCUT2D eigenvalue weighted by atomic mass is 32.2. The van der Waals surface area contributed by atoms with Crippen LogP contribution in [-0.2, 0) is 21.4 Å². The summed E-state index contributed by atoms with van der Waals surface area (Å²) in [5.74, 6) is 0.926. The number of carbonyl (C=O) groups excluding carboxylic acids is 1. The maximum absolute atomic E-state index is 12.6. The Morgan fingerprint density at radius 3 is 2.45 bits per heavy atom. The van der Waals surface area contributed by atoms with E-state index in [9.17, 15) is 13.2 Å². The number of aromatic nitrogens is 2. The SMILES string of the molecule is CCC(=O)Nc1ccc(S(=O)(=O)Nc2ccc(-c3cn4c(n3)SCC4)cc2)cc1. The lowest BCUT2D eigenvalue weighted by Gasteiger charge is -2.10. The molecule has 0 unspecified atom stereocenters. The standard InChI is InChI=1S/C20H20N4O3S2/c1-2-19(25)21-15-7-9-17(10-8-15)29(26,27)23-16-5-3-14(4-6-16)18-13-24-11-12-28-20(24)22-18/h3-10,13,23H,2,11-12H2,1H3,(H,21,25). The molecule has 1 aliphatic heterocycles. The van der Waals surface area contributed by atoms with Crippen molar-refractivity contribution in [2.24, 2.45) is 0 Å². The molecule has 29 heavy (non-hydrogen) atoms. The highest BCUT2D eigenvalue weighted by molar-refractivity contribution is 7.99. The predicted octanol–water partition coefficient (Wildman–Crippen LogP) is 3.81. The molecular formula is C20H20N4O3S2. The van der Waals surface area contributed by atoms with Crippen LogP contribution < -0.4 is 10.0 Å². The van der Waals surface area contributed by atoms with Crippen molar-refractivity contribution >= 4 is 39.1 Å². The van der Waals surface area contributed by atoms with Crippen molar-refractivity contribution < 1.29 is 13.2 Å². The van der Waals surface area contributed by atoms with Crippen LogP contribution in [0, 0.1) is 0 Å². The molecule has 2 heterocycles. The van der Waals surface area contributed by atoms with Crippen LogP contribution in [-0.4, -0.2) is 29.6 Å². The second-order valence-electron chi connectivity index (χ2n) is 6.56. The number of nitrogens with zero attached hydrogens (tertiary/aromatic N) is 2. The topological polar surface area (TPSA) is 93.1 Å². The lowest BCUT2D eigenvalue weighted by atomic mass is 10.1. The van der Waals surface area contributed by atoms with Crippen molar-refractivity contribution in [3.63, 3.8) is 0 Å². The Bertz CT molecular complexity index is 1120. The van der Waals surface area contributed by atoms with Crippen molar-refractivity contribution in [3.8, 4) is 11.3 Å². The zero-order valence-corrected chi connectivity index (χ0v) is 17.4. The minimum absolute atomic E-state index is 0.124. The van der Waals surface area contributed by atoms with Gasteiger partial charge in [0.25, 0.3) is 10.0 Å². The number of carbonyl (C=O) groups is 1. The molecule has 1 aromatic heterocycles. The van der Waals surface area contributed by atoms with Crippen molar-refractivity contribution in [1.29, 1.82) is 0 Å². The van der Waals surface area contributed by atoms with Crippen molar-refractivity contribution in [1.82, 2.24) is 9.55 Å². The second-order valence-corrected chi connectivity index (χ2v) is 9.30. The highest BCUT2D eigenvalue weighted by Crippen LogP contribution is 2.29. The first-order chi connectivity index (χ1) is 13.9. The maximum atomic E-state index is 12.6. The minimum atomic E-state index is -3.72. The number of fused-ring (bicyclic) bond motifs is 1. The fourth-order valence-electron chi connectivity index (χ4n) is 2.94. The number of nitrogens with one attached hydrogen (secondary N) is 2. The van der Waals surface area contributed by atoms with Gasteiger partial charge in [0.1, 0.15) is 0 Å². The molecule has 0 aliphatic carbocycles. The summed E-state index contributed by atoms with van der Waals surface area (Å²) in [5, 5.41) is 3.71. The average molecular weight is 429 g/mol. The Balaban J connectivity index is 1.47. The molecule has 0 saturated carbocycles. The molecule has 0 radical (unpaired) electrons. The lowest BCUT2D eigenvalue weighted by Crippen LogP contribution is -2.13. The van der Waals surface area contributed by atoms with E-state index in [-0.39, 0.29) is 10.8 Å². The molecule has 7 nitrogen and oxygen atoms in total. The normalized spacial score (nSPS) is 13.1. The second kappa shape index (κ2) is 7.92. The molecule has 0 saturated heterocycles. The van der Waals surface area contributed by atoms with Gasteiger partial charge in [0, 0.05) is 41.9 Å². The largest absolute Gasteiger partial charge is 0.326 e. The van der Waals surface area contributed by atoms with Gasteiger partial charge in [0.05, 0.1) is 10.6 Å². The van der Waals surface area contributed by atoms with Gasteiger partial charge in [-0.2, -0.15) is 0 Å². The fourth-order valence-corrected chi connectivity index (χ4v) is 4.94. The lowest BCUT2D eigenvalue weighted by molar-refractivity contribution is -0.115. The number of hydrogen-bond donors (Lipinski definition) is 2. The molecule has 0 spiro atoms. The summed E-state index contributed by atoms with van der Waals surface area (Å²) >= 11 is 1.73. The summed E-state index contributed by atoms with van der Waals surface area (Å²) in [6.45, 7) is 2.72. The number of sulfonamides is 1. The van der Waals surface area contributed by atoms with Crippen LogP contribution in [0.4, 0.5) is 11.4 Å². The fraction of sp³-hybridized carbons (Fsp3) is 0.200. The minimum Gasteiger partial charge on any atom is -0.326 e. The Labute approximate surface area is 173 Å². The number of anilines is 2. The van der Waals surface area contributed by atoms with Gasteiger partial charge < -0.3 is 9.88 Å². The van der Waals surface area contributed by atoms with Gasteiger partial charge in [0.2, 0.25) is 5.91 Å². The van der Waals surface area contributed by atoms with Crippen LogP contribution in [0.2, 0.25) is 0 Å². The number of aryl methyl sites for hydroxylation is 1. The molecule has 0 bridgehead atoms. The number of amides is 1. The first-order valence-electron chi connectivity index (χ1n) is 9.18. The number of benzene rings is 2. The van der Waals surface area contributed by atoms with E-state index in [1.165, 1.54) is 12.1 Å². The van der Waals surface area contributed by atoms with E-state index in [4.69, 9.17) is 0 Å². The Morgan fingerprint density at radius 1 is 1.10 bits per heavy atom. The van der Waals surface area contributed by atoms with Crippen LogP contribution in [0.25, 0.3) is 11.3 Å². The van der Waals surface area contributed by atoms with Crippen molar-refractivity contribution in [2.75, 3.05) is 15.8 Å². The summed E-state index contributed by atoms with van der Waals surface area (Å²) in [4.78, 5) is 16.2. The van der Waals surface area contributed by atoms with E-state index in [1.807, 2.05) is 18.3 Å². The summed E-state index contributed by atoms with van der Waals surface area (Å²) < 4.78 is 30.0. The summed E-state index contributed by atoms with van der Waals surface area (Å²) in [5.41, 5.74) is 2.85. The summed E-state index contributed by atoms with van der Waals surface area (Å²) in [7, 11) is -3.72. The molecule has 1 aliphatic rings. The Hall–Kier alpha value is -2.78. The van der Waals surface area contributed by atoms with Crippen molar-refractivity contribution in [3.05, 3.63) is 54.7 Å². The van der Waals surface area contributed by atoms with E-state index in [0.29, 0.717) is 17.8 Å². The predicted molar refractivity (Wildman–Crippen MR) is 115 cm³/mol. The molecule has 1 amide bonds. The van der Waals surface area contributed by atoms with Crippen LogP contribution >= 0.6 is 11.8 Å². The molecule has 0 atom stereocenters. The first kappa shape index (κ1) is 19.5. The number of thioether (sulfide) groups is 1. The van der Waals surface area contributed by atoms with E-state index < -0.39 is 10.0 Å². The van der Waals surface area contributed by atoms with E-state index in [0.717, 1.165) is 28.7 Å². The van der Waals surface area contributed by atoms with Gasteiger partial charge in [-0.3, -0.25) is 9.52 Å². The van der Waals surface area contributed by atoms with Gasteiger partial charge in [-0.1, -0.05) is 30.8 Å². The number of imidazole rings is 1. The molecule has 0 fully saturated rings. The highest BCUT2D eigenvalue weighted by Gasteiger charge is 2.17.